The fourth-order valence-electron chi connectivity index (χ4n) is 2.60. The Balaban J connectivity index is 1.56. The Bertz CT molecular complexity index is 718. The summed E-state index contributed by atoms with van der Waals surface area (Å²) in [6.45, 7) is 0.506. The number of hydrogen-bond donors (Lipinski definition) is 4. The van der Waals surface area contributed by atoms with Gasteiger partial charge in [0, 0.05) is 23.5 Å². The molecule has 0 bridgehead atoms. The number of rotatable bonds is 5. The van der Waals surface area contributed by atoms with E-state index in [1.54, 1.807) is 0 Å². The summed E-state index contributed by atoms with van der Waals surface area (Å²) in [7, 11) is 0. The topological polar surface area (TPSA) is 109 Å². The maximum atomic E-state index is 12.3. The van der Waals surface area contributed by atoms with E-state index in [0.717, 1.165) is 11.3 Å². The van der Waals surface area contributed by atoms with Gasteiger partial charge in [0.25, 0.3) is 0 Å². The molecule has 1 fully saturated rings. The molecule has 1 aromatic carbocycles. The third kappa shape index (κ3) is 3.97. The van der Waals surface area contributed by atoms with Gasteiger partial charge in [0.2, 0.25) is 11.8 Å². The number of benzene rings is 1. The molecule has 24 heavy (non-hydrogen) atoms. The van der Waals surface area contributed by atoms with Crippen LogP contribution in [0.3, 0.4) is 0 Å². The van der Waals surface area contributed by atoms with Crippen molar-refractivity contribution < 1.29 is 9.59 Å². The molecule has 2 atom stereocenters. The van der Waals surface area contributed by atoms with Crippen molar-refractivity contribution in [3.63, 3.8) is 0 Å². The Morgan fingerprint density at radius 3 is 2.88 bits per heavy atom. The van der Waals surface area contributed by atoms with Crippen molar-refractivity contribution in [2.24, 2.45) is 5.73 Å². The fourth-order valence-corrected chi connectivity index (χ4v) is 3.32. The Morgan fingerprint density at radius 1 is 1.33 bits per heavy atom. The molecule has 1 aliphatic heterocycles. The Kier molecular flexibility index (Phi) is 5.19. The standard InChI is InChI=1S/C16H19N5O2S/c17-7-14(22)19-11-6-12(18-8-11)15(23)21-16-20-13(9-24-16)10-4-2-1-3-5-10/h1-5,9,11-12,18H,6-8,17H2,(H,19,22)(H,20,21,23)/t11-,12+/m1/s1. The fraction of sp³-hybridized carbons (Fsp3) is 0.312. The molecule has 0 aliphatic carbocycles. The number of hydrogen-bond acceptors (Lipinski definition) is 6. The van der Waals surface area contributed by atoms with Gasteiger partial charge in [-0.3, -0.25) is 9.59 Å². The summed E-state index contributed by atoms with van der Waals surface area (Å²) in [4.78, 5) is 28.1. The minimum Gasteiger partial charge on any atom is -0.351 e. The van der Waals surface area contributed by atoms with Gasteiger partial charge in [-0.05, 0) is 6.42 Å². The smallest absolute Gasteiger partial charge is 0.243 e. The van der Waals surface area contributed by atoms with Crippen LogP contribution >= 0.6 is 11.3 Å². The maximum Gasteiger partial charge on any atom is 0.243 e. The van der Waals surface area contributed by atoms with Crippen molar-refractivity contribution in [1.29, 1.82) is 0 Å². The molecular weight excluding hydrogens is 326 g/mol. The van der Waals surface area contributed by atoms with Crippen molar-refractivity contribution in [2.45, 2.75) is 18.5 Å². The summed E-state index contributed by atoms with van der Waals surface area (Å²) < 4.78 is 0. The normalized spacial score (nSPS) is 19.9. The number of nitrogens with zero attached hydrogens (tertiary/aromatic N) is 1. The lowest BCUT2D eigenvalue weighted by molar-refractivity contribution is -0.121. The molecule has 2 aromatic rings. The van der Waals surface area contributed by atoms with Crippen LogP contribution in [0.25, 0.3) is 11.3 Å². The number of carbonyl (C=O) groups is 2. The van der Waals surface area contributed by atoms with Crippen molar-refractivity contribution in [3.8, 4) is 11.3 Å². The van der Waals surface area contributed by atoms with Crippen LogP contribution in [0.2, 0.25) is 0 Å². The van der Waals surface area contributed by atoms with E-state index < -0.39 is 0 Å². The van der Waals surface area contributed by atoms with E-state index in [1.807, 2.05) is 35.7 Å². The number of nitrogens with two attached hydrogens (primary N) is 1. The summed E-state index contributed by atoms with van der Waals surface area (Å²) in [5, 5.41) is 11.2. The number of thiazole rings is 1. The SMILES string of the molecule is NCC(=O)N[C@H]1CN[C@H](C(=O)Nc2nc(-c3ccccc3)cs2)C1. The van der Waals surface area contributed by atoms with Crippen molar-refractivity contribution >= 4 is 28.3 Å². The molecular formula is C16H19N5O2S. The second-order valence-electron chi connectivity index (χ2n) is 5.56. The van der Waals surface area contributed by atoms with Gasteiger partial charge in [-0.25, -0.2) is 4.98 Å². The highest BCUT2D eigenvalue weighted by Crippen LogP contribution is 2.24. The van der Waals surface area contributed by atoms with Crippen LogP contribution in [0.1, 0.15) is 6.42 Å². The lowest BCUT2D eigenvalue weighted by atomic mass is 10.1. The predicted molar refractivity (Wildman–Crippen MR) is 93.6 cm³/mol. The van der Waals surface area contributed by atoms with Gasteiger partial charge < -0.3 is 21.7 Å². The number of amides is 2. The molecule has 2 heterocycles. The molecule has 1 saturated heterocycles. The van der Waals surface area contributed by atoms with Gasteiger partial charge in [-0.2, -0.15) is 0 Å². The molecule has 1 aromatic heterocycles. The molecule has 0 unspecified atom stereocenters. The molecule has 8 heteroatoms. The highest BCUT2D eigenvalue weighted by Gasteiger charge is 2.30. The molecule has 7 nitrogen and oxygen atoms in total. The number of nitrogens with one attached hydrogen (secondary N) is 3. The van der Waals surface area contributed by atoms with Crippen LogP contribution in [0.15, 0.2) is 35.7 Å². The molecule has 2 amide bonds. The van der Waals surface area contributed by atoms with Gasteiger partial charge in [0.05, 0.1) is 18.3 Å². The zero-order valence-corrected chi connectivity index (χ0v) is 13.8. The van der Waals surface area contributed by atoms with Crippen molar-refractivity contribution in [3.05, 3.63) is 35.7 Å². The maximum absolute atomic E-state index is 12.3. The summed E-state index contributed by atoms with van der Waals surface area (Å²) in [6.07, 6.45) is 0.536. The second kappa shape index (κ2) is 7.52. The largest absolute Gasteiger partial charge is 0.351 e. The quantitative estimate of drug-likeness (QED) is 0.633. The first kappa shape index (κ1) is 16.6. The molecule has 1 aliphatic rings. The number of aromatic nitrogens is 1. The number of carbonyl (C=O) groups excluding carboxylic acids is 2. The molecule has 0 radical (unpaired) electrons. The van der Waals surface area contributed by atoms with E-state index in [-0.39, 0.29) is 30.4 Å². The van der Waals surface area contributed by atoms with Crippen LogP contribution < -0.4 is 21.7 Å². The van der Waals surface area contributed by atoms with E-state index in [9.17, 15) is 9.59 Å². The Morgan fingerprint density at radius 2 is 2.12 bits per heavy atom. The zero-order valence-electron chi connectivity index (χ0n) is 13.0. The summed E-state index contributed by atoms with van der Waals surface area (Å²) in [6, 6.07) is 9.37. The van der Waals surface area contributed by atoms with Gasteiger partial charge in [-0.15, -0.1) is 11.3 Å². The molecule has 0 saturated carbocycles. The van der Waals surface area contributed by atoms with Crippen LogP contribution in [0.4, 0.5) is 5.13 Å². The molecule has 0 spiro atoms. The molecule has 5 N–H and O–H groups in total. The number of anilines is 1. The first-order chi connectivity index (χ1) is 11.7. The lowest BCUT2D eigenvalue weighted by Crippen LogP contribution is -2.39. The van der Waals surface area contributed by atoms with Crippen LogP contribution in [-0.4, -0.2) is 42.0 Å². The van der Waals surface area contributed by atoms with E-state index in [4.69, 9.17) is 5.73 Å². The third-order valence-corrected chi connectivity index (χ3v) is 4.56. The summed E-state index contributed by atoms with van der Waals surface area (Å²) >= 11 is 1.39. The van der Waals surface area contributed by atoms with Crippen LogP contribution in [0.5, 0.6) is 0 Å². The van der Waals surface area contributed by atoms with Gasteiger partial charge >= 0.3 is 0 Å². The second-order valence-corrected chi connectivity index (χ2v) is 6.42. The highest BCUT2D eigenvalue weighted by molar-refractivity contribution is 7.14. The van der Waals surface area contributed by atoms with Gasteiger partial charge in [-0.1, -0.05) is 30.3 Å². The lowest BCUT2D eigenvalue weighted by Gasteiger charge is -2.11. The Hall–Kier alpha value is -2.29. The van der Waals surface area contributed by atoms with E-state index in [1.165, 1.54) is 11.3 Å². The average molecular weight is 345 g/mol. The monoisotopic (exact) mass is 345 g/mol. The predicted octanol–water partition coefficient (Wildman–Crippen LogP) is 0.554. The third-order valence-electron chi connectivity index (χ3n) is 3.80. The van der Waals surface area contributed by atoms with Crippen molar-refractivity contribution in [2.75, 3.05) is 18.4 Å². The van der Waals surface area contributed by atoms with Crippen LogP contribution in [0, 0.1) is 0 Å². The van der Waals surface area contributed by atoms with Crippen LogP contribution in [-0.2, 0) is 9.59 Å². The highest BCUT2D eigenvalue weighted by atomic mass is 32.1. The van der Waals surface area contributed by atoms with Crippen molar-refractivity contribution in [1.82, 2.24) is 15.6 Å². The van der Waals surface area contributed by atoms with E-state index in [0.29, 0.717) is 18.1 Å². The molecule has 3 rings (SSSR count). The van der Waals surface area contributed by atoms with E-state index in [2.05, 4.69) is 20.9 Å². The first-order valence-electron chi connectivity index (χ1n) is 7.70. The summed E-state index contributed by atoms with van der Waals surface area (Å²) in [5.74, 6) is -0.358. The van der Waals surface area contributed by atoms with Gasteiger partial charge in [0.15, 0.2) is 5.13 Å². The minimum absolute atomic E-state index is 0.0469. The van der Waals surface area contributed by atoms with Gasteiger partial charge in [0.1, 0.15) is 0 Å². The zero-order chi connectivity index (χ0) is 16.9. The Labute approximate surface area is 143 Å². The first-order valence-corrected chi connectivity index (χ1v) is 8.58. The minimum atomic E-state index is -0.350. The molecule has 126 valence electrons. The average Bonchev–Trinajstić information content (AvgIpc) is 3.25. The van der Waals surface area contributed by atoms with E-state index >= 15 is 0 Å². The summed E-state index contributed by atoms with van der Waals surface area (Å²) in [5.41, 5.74) is 7.13.